The van der Waals surface area contributed by atoms with Crippen LogP contribution in [0, 0.1) is 5.82 Å². The molecule has 6 rings (SSSR count). The van der Waals surface area contributed by atoms with Crippen LogP contribution >= 0.6 is 0 Å². The number of rotatable bonds is 4. The molecule has 5 atom stereocenters. The number of nitrogens with zero attached hydrogens (tertiary/aromatic N) is 4. The van der Waals surface area contributed by atoms with E-state index in [2.05, 4.69) is 10.3 Å². The number of ketones is 1. The molecule has 0 saturated carbocycles. The molecule has 1 aromatic heterocycles. The molecule has 3 fully saturated rings. The predicted octanol–water partition coefficient (Wildman–Crippen LogP) is 1.54. The summed E-state index contributed by atoms with van der Waals surface area (Å²) < 4.78 is 45.5. The van der Waals surface area contributed by atoms with E-state index in [-0.39, 0.29) is 24.8 Å². The van der Waals surface area contributed by atoms with Crippen LogP contribution in [0.25, 0.3) is 0 Å². The quantitative estimate of drug-likeness (QED) is 0.591. The van der Waals surface area contributed by atoms with Gasteiger partial charge < -0.3 is 23.7 Å². The van der Waals surface area contributed by atoms with Gasteiger partial charge in [-0.3, -0.25) is 14.5 Å². The summed E-state index contributed by atoms with van der Waals surface area (Å²) in [5, 5.41) is 8.32. The van der Waals surface area contributed by atoms with Gasteiger partial charge in [0.1, 0.15) is 35.9 Å². The lowest BCUT2D eigenvalue weighted by atomic mass is 9.99. The molecule has 0 radical (unpaired) electrons. The smallest absolute Gasteiger partial charge is 0.299 e. The Bertz CT molecular complexity index is 1210. The van der Waals surface area contributed by atoms with Crippen molar-refractivity contribution >= 4 is 17.4 Å². The zero-order valence-corrected chi connectivity index (χ0v) is 19.6. The Labute approximate surface area is 200 Å². The van der Waals surface area contributed by atoms with Crippen molar-refractivity contribution in [2.75, 3.05) is 4.90 Å². The normalized spacial score (nSPS) is 32.6. The summed E-state index contributed by atoms with van der Waals surface area (Å²) in [7, 11) is 0. The van der Waals surface area contributed by atoms with Crippen molar-refractivity contribution in [3.05, 3.63) is 41.5 Å². The Morgan fingerprint density at radius 1 is 1.00 bits per heavy atom. The molecule has 186 valence electrons. The Morgan fingerprint density at radius 3 is 2.51 bits per heavy atom. The minimum atomic E-state index is -0.815. The first kappa shape index (κ1) is 22.7. The van der Waals surface area contributed by atoms with Gasteiger partial charge in [0.05, 0.1) is 30.5 Å². The fourth-order valence-electron chi connectivity index (χ4n) is 5.12. The number of carbonyl (C=O) groups is 2. The van der Waals surface area contributed by atoms with E-state index in [0.29, 0.717) is 11.4 Å². The van der Waals surface area contributed by atoms with Gasteiger partial charge in [0.2, 0.25) is 0 Å². The average Bonchev–Trinajstić information content (AvgIpc) is 3.49. The number of ether oxygens (including phenoxy) is 5. The lowest BCUT2D eigenvalue weighted by Gasteiger charge is -2.37. The number of anilines is 1. The average molecular weight is 488 g/mol. The maximum Gasteiger partial charge on any atom is 0.299 e. The Balaban J connectivity index is 1.20. The summed E-state index contributed by atoms with van der Waals surface area (Å²) in [6.45, 7) is 7.62. The Kier molecular flexibility index (Phi) is 4.93. The summed E-state index contributed by atoms with van der Waals surface area (Å²) >= 11 is 0. The Hall–Kier alpha value is -2.77. The number of carbonyl (C=O) groups excluding carboxylic acids is 2. The molecule has 0 spiro atoms. The van der Waals surface area contributed by atoms with Gasteiger partial charge in [-0.1, -0.05) is 5.21 Å². The first-order chi connectivity index (χ1) is 16.5. The summed E-state index contributed by atoms with van der Waals surface area (Å²) in [5.74, 6) is -3.68. The van der Waals surface area contributed by atoms with E-state index in [1.165, 1.54) is 17.0 Å². The van der Waals surface area contributed by atoms with E-state index in [1.807, 2.05) is 27.7 Å². The highest BCUT2D eigenvalue weighted by atomic mass is 19.1. The van der Waals surface area contributed by atoms with Crippen LogP contribution in [-0.4, -0.2) is 69.0 Å². The molecule has 12 heteroatoms. The predicted molar refractivity (Wildman–Crippen MR) is 114 cm³/mol. The highest BCUT2D eigenvalue weighted by molar-refractivity contribution is 6.52. The number of fused-ring (bicyclic) bond motifs is 4. The topological polar surface area (TPSA) is 114 Å². The second-order valence-electron chi connectivity index (χ2n) is 10.0. The minimum Gasteiger partial charge on any atom is -0.342 e. The first-order valence-electron chi connectivity index (χ1n) is 11.4. The molecular formula is C23H25FN4O7. The van der Waals surface area contributed by atoms with E-state index in [4.69, 9.17) is 23.7 Å². The minimum absolute atomic E-state index is 0.0171. The van der Waals surface area contributed by atoms with Crippen molar-refractivity contribution in [2.45, 2.75) is 83.1 Å². The van der Waals surface area contributed by atoms with Crippen molar-refractivity contribution in [3.8, 4) is 0 Å². The number of aromatic nitrogens is 3. The molecule has 11 nitrogen and oxygen atoms in total. The van der Waals surface area contributed by atoms with Crippen molar-refractivity contribution in [1.29, 1.82) is 0 Å². The van der Waals surface area contributed by atoms with Crippen LogP contribution in [0.2, 0.25) is 0 Å². The lowest BCUT2D eigenvalue weighted by molar-refractivity contribution is -0.236. The number of benzene rings is 1. The molecule has 1 amide bonds. The molecule has 0 bridgehead atoms. The molecule has 35 heavy (non-hydrogen) atoms. The SMILES string of the molecule is CC1(C)O[C@H]2[C@@H](O1)[C@@H](Cn1cc(CN3C(=O)C(=O)c4cc(F)ccc43)nn1)O[C@@H]1OC(C)(C)O[C@@H]12. The highest BCUT2D eigenvalue weighted by Gasteiger charge is 2.60. The zero-order chi connectivity index (χ0) is 24.7. The number of amides is 1. The van der Waals surface area contributed by atoms with Crippen molar-refractivity contribution in [3.63, 3.8) is 0 Å². The van der Waals surface area contributed by atoms with Gasteiger partial charge in [-0.25, -0.2) is 9.07 Å². The van der Waals surface area contributed by atoms with Gasteiger partial charge in [0.25, 0.3) is 11.7 Å². The van der Waals surface area contributed by atoms with Gasteiger partial charge in [0, 0.05) is 0 Å². The van der Waals surface area contributed by atoms with E-state index in [0.717, 1.165) is 6.07 Å². The number of halogens is 1. The largest absolute Gasteiger partial charge is 0.342 e. The van der Waals surface area contributed by atoms with Crippen LogP contribution in [-0.2, 0) is 41.6 Å². The summed E-state index contributed by atoms with van der Waals surface area (Å²) in [4.78, 5) is 26.0. The molecule has 0 unspecified atom stereocenters. The summed E-state index contributed by atoms with van der Waals surface area (Å²) in [6.07, 6.45) is -0.654. The lowest BCUT2D eigenvalue weighted by Crippen LogP contribution is -2.56. The van der Waals surface area contributed by atoms with Crippen LogP contribution in [0.5, 0.6) is 0 Å². The number of hydrogen-bond acceptors (Lipinski definition) is 9. The molecule has 2 aromatic rings. The molecule has 5 heterocycles. The number of hydrogen-bond donors (Lipinski definition) is 0. The third-order valence-corrected chi connectivity index (χ3v) is 6.46. The van der Waals surface area contributed by atoms with Crippen LogP contribution in [0.1, 0.15) is 43.7 Å². The van der Waals surface area contributed by atoms with Gasteiger partial charge in [-0.2, -0.15) is 0 Å². The van der Waals surface area contributed by atoms with Gasteiger partial charge in [-0.05, 0) is 45.9 Å². The van der Waals surface area contributed by atoms with Crippen LogP contribution in [0.4, 0.5) is 10.1 Å². The molecule has 4 aliphatic heterocycles. The Morgan fingerprint density at radius 2 is 1.71 bits per heavy atom. The van der Waals surface area contributed by atoms with E-state index in [1.54, 1.807) is 10.9 Å². The molecule has 3 saturated heterocycles. The number of Topliss-reactive ketones (excluding diaryl/α,β-unsaturated/α-hetero) is 1. The first-order valence-corrected chi connectivity index (χ1v) is 11.4. The molecule has 0 N–H and O–H groups in total. The second kappa shape index (κ2) is 7.61. The van der Waals surface area contributed by atoms with Gasteiger partial charge in [-0.15, -0.1) is 5.10 Å². The van der Waals surface area contributed by atoms with Crippen LogP contribution < -0.4 is 4.90 Å². The van der Waals surface area contributed by atoms with Crippen LogP contribution in [0.3, 0.4) is 0 Å². The van der Waals surface area contributed by atoms with Crippen LogP contribution in [0.15, 0.2) is 24.4 Å². The van der Waals surface area contributed by atoms with Crippen molar-refractivity contribution < 1.29 is 37.7 Å². The van der Waals surface area contributed by atoms with Crippen molar-refractivity contribution in [2.24, 2.45) is 0 Å². The van der Waals surface area contributed by atoms with E-state index in [9.17, 15) is 14.0 Å². The fourth-order valence-corrected chi connectivity index (χ4v) is 5.12. The third-order valence-electron chi connectivity index (χ3n) is 6.46. The molecule has 1 aromatic carbocycles. The molecule has 0 aliphatic carbocycles. The van der Waals surface area contributed by atoms with Gasteiger partial charge in [0.15, 0.2) is 17.9 Å². The fraction of sp³-hybridized carbons (Fsp3) is 0.565. The monoisotopic (exact) mass is 488 g/mol. The maximum atomic E-state index is 13.6. The second-order valence-corrected chi connectivity index (χ2v) is 10.0. The molecular weight excluding hydrogens is 463 g/mol. The maximum absolute atomic E-state index is 13.6. The van der Waals surface area contributed by atoms with E-state index >= 15 is 0 Å². The third kappa shape index (κ3) is 3.85. The molecule has 4 aliphatic rings. The summed E-state index contributed by atoms with van der Waals surface area (Å²) in [6, 6.07) is 3.69. The zero-order valence-electron chi connectivity index (χ0n) is 19.6. The van der Waals surface area contributed by atoms with E-state index < -0.39 is 53.7 Å². The van der Waals surface area contributed by atoms with Gasteiger partial charge >= 0.3 is 0 Å². The summed E-state index contributed by atoms with van der Waals surface area (Å²) in [5.41, 5.74) is 0.848. The highest BCUT2D eigenvalue weighted by Crippen LogP contribution is 2.44. The van der Waals surface area contributed by atoms with Crippen molar-refractivity contribution in [1.82, 2.24) is 15.0 Å². The standard InChI is InChI=1S/C23H25FN4O7/c1-22(2)32-17-15(31-21-19(18(17)33-22)34-23(3,4)35-21)10-27-8-12(25-26-27)9-28-14-6-5-11(24)7-13(14)16(29)20(28)30/h5-8,15,17-19,21H,9-10H2,1-4H3/t15-,17+,18+,19-,21-/m1/s1.